The van der Waals surface area contributed by atoms with Gasteiger partial charge in [0.2, 0.25) is 0 Å². The lowest BCUT2D eigenvalue weighted by atomic mass is 9.70. The summed E-state index contributed by atoms with van der Waals surface area (Å²) >= 11 is -2.25. The van der Waals surface area contributed by atoms with Crippen molar-refractivity contribution in [1.29, 1.82) is 0 Å². The Morgan fingerprint density at radius 3 is 1.76 bits per heavy atom. The fourth-order valence-electron chi connectivity index (χ4n) is 3.58. The van der Waals surface area contributed by atoms with Crippen LogP contribution in [0.15, 0.2) is 0 Å². The van der Waals surface area contributed by atoms with Gasteiger partial charge in [-0.3, -0.25) is 13.3 Å². The molecule has 0 heterocycles. The van der Waals surface area contributed by atoms with E-state index in [4.69, 9.17) is 0 Å². The van der Waals surface area contributed by atoms with Gasteiger partial charge in [0.15, 0.2) is 0 Å². The van der Waals surface area contributed by atoms with Crippen LogP contribution >= 0.6 is 0 Å². The van der Waals surface area contributed by atoms with Crippen LogP contribution in [0.1, 0.15) is 32.1 Å². The highest BCUT2D eigenvalue weighted by atomic mass is 32.2. The molecule has 0 aromatic carbocycles. The standard InChI is InChI=1S/C10H18O8S3/c11-19(12)8-2-1-6-4-9(20(13,14)15)10(21(16,17)18)5-7(6)3-8/h6-10H,1-5H2,(H,11,12)(H,13,14,15)(H,16,17,18)/p-1. The Labute approximate surface area is 126 Å². The molecule has 2 N–H and O–H groups in total. The third-order valence-electron chi connectivity index (χ3n) is 4.61. The molecular formula is C10H17O8S3-. The smallest absolute Gasteiger partial charge is 0.269 e. The van der Waals surface area contributed by atoms with Gasteiger partial charge in [0.1, 0.15) is 10.5 Å². The van der Waals surface area contributed by atoms with Gasteiger partial charge in [-0.1, -0.05) is 11.1 Å². The molecule has 2 rings (SSSR count). The minimum absolute atomic E-state index is 0.0772. The molecule has 8 nitrogen and oxygen atoms in total. The summed E-state index contributed by atoms with van der Waals surface area (Å²) in [7, 11) is -9.24. The first-order valence-electron chi connectivity index (χ1n) is 6.50. The Balaban J connectivity index is 2.27. The van der Waals surface area contributed by atoms with Gasteiger partial charge < -0.3 is 4.55 Å². The number of rotatable bonds is 3. The van der Waals surface area contributed by atoms with Crippen LogP contribution in [0, 0.1) is 11.8 Å². The normalized spacial score (nSPS) is 39.5. The van der Waals surface area contributed by atoms with E-state index in [0.717, 1.165) is 0 Å². The summed E-state index contributed by atoms with van der Waals surface area (Å²) in [5.41, 5.74) is 0. The van der Waals surface area contributed by atoms with E-state index in [9.17, 15) is 34.7 Å². The lowest BCUT2D eigenvalue weighted by Gasteiger charge is -2.44. The van der Waals surface area contributed by atoms with Crippen molar-refractivity contribution in [3.05, 3.63) is 0 Å². The Morgan fingerprint density at radius 1 is 0.857 bits per heavy atom. The lowest BCUT2D eigenvalue weighted by Crippen LogP contribution is -2.49. The van der Waals surface area contributed by atoms with E-state index in [2.05, 4.69) is 0 Å². The van der Waals surface area contributed by atoms with Crippen molar-refractivity contribution in [1.82, 2.24) is 0 Å². The van der Waals surface area contributed by atoms with Crippen LogP contribution in [0.25, 0.3) is 0 Å². The molecule has 2 fully saturated rings. The average molecular weight is 361 g/mol. The predicted molar refractivity (Wildman–Crippen MR) is 73.4 cm³/mol. The van der Waals surface area contributed by atoms with E-state index >= 15 is 0 Å². The van der Waals surface area contributed by atoms with Crippen LogP contribution in [0.5, 0.6) is 0 Å². The zero-order valence-corrected chi connectivity index (χ0v) is 13.4. The molecule has 0 aromatic rings. The summed E-state index contributed by atoms with van der Waals surface area (Å²) in [6, 6.07) is 0. The van der Waals surface area contributed by atoms with Gasteiger partial charge in [-0.2, -0.15) is 16.8 Å². The predicted octanol–water partition coefficient (Wildman–Crippen LogP) is -0.0430. The van der Waals surface area contributed by atoms with Gasteiger partial charge in [0.25, 0.3) is 20.2 Å². The van der Waals surface area contributed by atoms with Crippen LogP contribution in [0.3, 0.4) is 0 Å². The van der Waals surface area contributed by atoms with Crippen LogP contribution in [-0.2, 0) is 31.3 Å². The highest BCUT2D eigenvalue weighted by molar-refractivity contribution is 7.90. The van der Waals surface area contributed by atoms with Gasteiger partial charge in [-0.05, 0) is 43.9 Å². The van der Waals surface area contributed by atoms with Crippen LogP contribution in [-0.4, -0.2) is 50.5 Å². The topological polar surface area (TPSA) is 149 Å². The maximum atomic E-state index is 11.4. The van der Waals surface area contributed by atoms with Crippen molar-refractivity contribution in [2.45, 2.75) is 47.9 Å². The summed E-state index contributed by atoms with van der Waals surface area (Å²) in [6.07, 6.45) is 0.887. The first-order valence-corrected chi connectivity index (χ1v) is 10.6. The number of hydrogen-bond donors (Lipinski definition) is 2. The third-order valence-corrected chi connectivity index (χ3v) is 8.33. The minimum atomic E-state index is -4.64. The molecule has 6 unspecified atom stereocenters. The van der Waals surface area contributed by atoms with Gasteiger partial charge in [-0.25, -0.2) is 0 Å². The van der Waals surface area contributed by atoms with Crippen LogP contribution in [0.4, 0.5) is 0 Å². The molecule has 2 saturated carbocycles. The summed E-state index contributed by atoms with van der Waals surface area (Å²) in [5.74, 6) is -0.443. The zero-order chi connectivity index (χ0) is 16.0. The van der Waals surface area contributed by atoms with E-state index < -0.39 is 47.1 Å². The van der Waals surface area contributed by atoms with Gasteiger partial charge >= 0.3 is 0 Å². The monoisotopic (exact) mass is 361 g/mol. The molecule has 0 radical (unpaired) electrons. The lowest BCUT2D eigenvalue weighted by molar-refractivity contribution is 0.170. The quantitative estimate of drug-likeness (QED) is 0.525. The molecule has 6 atom stereocenters. The fraction of sp³-hybridized carbons (Fsp3) is 1.00. The molecule has 0 saturated heterocycles. The Hall–Kier alpha value is -0.0700. The molecule has 0 aromatic heterocycles. The molecule has 2 aliphatic carbocycles. The van der Waals surface area contributed by atoms with Crippen molar-refractivity contribution in [2.75, 3.05) is 0 Å². The summed E-state index contributed by atoms with van der Waals surface area (Å²) in [6.45, 7) is 0. The van der Waals surface area contributed by atoms with E-state index in [1.807, 2.05) is 0 Å². The maximum absolute atomic E-state index is 11.4. The largest absolute Gasteiger partial charge is 0.772 e. The second-order valence-corrected chi connectivity index (χ2v) is 10.3. The Bertz CT molecular complexity index is 625. The Morgan fingerprint density at radius 2 is 1.33 bits per heavy atom. The highest BCUT2D eigenvalue weighted by Gasteiger charge is 2.49. The third kappa shape index (κ3) is 3.82. The second-order valence-electron chi connectivity index (χ2n) is 5.79. The number of hydrogen-bond acceptors (Lipinski definition) is 6. The molecule has 0 bridgehead atoms. The summed E-state index contributed by atoms with van der Waals surface area (Å²) in [4.78, 5) is 0. The van der Waals surface area contributed by atoms with Gasteiger partial charge in [0.05, 0.1) is 0 Å². The molecule has 2 aliphatic rings. The van der Waals surface area contributed by atoms with Gasteiger partial charge in [-0.15, -0.1) is 0 Å². The van der Waals surface area contributed by atoms with E-state index in [1.54, 1.807) is 0 Å². The van der Waals surface area contributed by atoms with Gasteiger partial charge in [0, 0.05) is 5.25 Å². The van der Waals surface area contributed by atoms with E-state index in [0.29, 0.717) is 12.8 Å². The highest BCUT2D eigenvalue weighted by Crippen LogP contribution is 2.44. The zero-order valence-electron chi connectivity index (χ0n) is 11.0. The maximum Gasteiger partial charge on any atom is 0.269 e. The Kier molecular flexibility index (Phi) is 4.82. The van der Waals surface area contributed by atoms with Crippen molar-refractivity contribution in [2.24, 2.45) is 11.8 Å². The summed E-state index contributed by atoms with van der Waals surface area (Å²) < 4.78 is 86.0. The van der Waals surface area contributed by atoms with Crippen molar-refractivity contribution in [3.63, 3.8) is 0 Å². The van der Waals surface area contributed by atoms with Crippen molar-refractivity contribution < 1.29 is 34.7 Å². The van der Waals surface area contributed by atoms with Crippen LogP contribution < -0.4 is 0 Å². The first kappa shape index (κ1) is 17.3. The van der Waals surface area contributed by atoms with Crippen molar-refractivity contribution in [3.8, 4) is 0 Å². The molecule has 124 valence electrons. The number of fused-ring (bicyclic) bond motifs is 1. The second kappa shape index (κ2) is 5.85. The molecule has 11 heteroatoms. The average Bonchev–Trinajstić information content (AvgIpc) is 2.34. The molecule has 0 spiro atoms. The molecular weight excluding hydrogens is 344 g/mol. The summed E-state index contributed by atoms with van der Waals surface area (Å²) in [5, 5.41) is -3.73. The molecule has 0 amide bonds. The first-order chi connectivity index (χ1) is 9.50. The fourth-order valence-corrected chi connectivity index (χ4v) is 7.13. The van der Waals surface area contributed by atoms with Crippen molar-refractivity contribution >= 4 is 31.3 Å². The molecule has 0 aliphatic heterocycles. The minimum Gasteiger partial charge on any atom is -0.772 e. The van der Waals surface area contributed by atoms with E-state index in [1.165, 1.54) is 0 Å². The van der Waals surface area contributed by atoms with Crippen LogP contribution in [0.2, 0.25) is 0 Å². The molecule has 21 heavy (non-hydrogen) atoms. The van der Waals surface area contributed by atoms with E-state index in [-0.39, 0.29) is 31.1 Å². The SMILES string of the molecule is O=S([O-])C1CCC2CC(S(=O)(=O)O)C(S(=O)(=O)O)CC2C1.